The molecule has 0 aliphatic rings. The molecule has 1 rings (SSSR count). The molecule has 15 heavy (non-hydrogen) atoms. The van der Waals surface area contributed by atoms with Crippen molar-refractivity contribution in [3.05, 3.63) is 27.8 Å². The van der Waals surface area contributed by atoms with Gasteiger partial charge in [0.15, 0.2) is 12.6 Å². The summed E-state index contributed by atoms with van der Waals surface area (Å²) in [5.74, 6) is 0. The third-order valence-electron chi connectivity index (χ3n) is 2.85. The molecule has 0 saturated heterocycles. The Bertz CT molecular complexity index is 387. The molecule has 80 valence electrons. The number of carbonyl (C=O) groups is 2. The Morgan fingerprint density at radius 2 is 1.27 bits per heavy atom. The van der Waals surface area contributed by atoms with Crippen LogP contribution in [0.5, 0.6) is 0 Å². The average Bonchev–Trinajstić information content (AvgIpc) is 2.19. The first-order valence-corrected chi connectivity index (χ1v) is 4.80. The largest absolute Gasteiger partial charge is 0.388 e. The summed E-state index contributed by atoms with van der Waals surface area (Å²) >= 11 is 0. The van der Waals surface area contributed by atoms with Gasteiger partial charge in [0.1, 0.15) is 0 Å². The molecular weight excluding hydrogens is 190 g/mol. The lowest BCUT2D eigenvalue weighted by atomic mass is 9.92. The molecule has 1 aromatic carbocycles. The van der Waals surface area contributed by atoms with Crippen molar-refractivity contribution in [2.24, 2.45) is 0 Å². The number of carbonyl (C=O) groups excluding carboxylic acids is 2. The van der Waals surface area contributed by atoms with Crippen molar-refractivity contribution in [2.75, 3.05) is 12.4 Å². The Labute approximate surface area is 89.5 Å². The maximum Gasteiger partial charge on any atom is 0.150 e. The van der Waals surface area contributed by atoms with Crippen LogP contribution in [0.2, 0.25) is 0 Å². The summed E-state index contributed by atoms with van der Waals surface area (Å²) in [7, 11) is 1.79. The Kier molecular flexibility index (Phi) is 3.24. The van der Waals surface area contributed by atoms with Crippen LogP contribution in [0.15, 0.2) is 0 Å². The molecule has 0 bridgehead atoms. The average molecular weight is 205 g/mol. The highest BCUT2D eigenvalue weighted by Crippen LogP contribution is 2.28. The standard InChI is InChI=1S/C12H15NO2/c1-7-10(5-14)8(2)12(13-4)9(3)11(7)6-15/h5-6,13H,1-4H3. The summed E-state index contributed by atoms with van der Waals surface area (Å²) in [6.07, 6.45) is 1.61. The molecule has 0 amide bonds. The molecule has 0 fully saturated rings. The third kappa shape index (κ3) is 1.65. The van der Waals surface area contributed by atoms with Crippen LogP contribution in [0.4, 0.5) is 5.69 Å². The fraction of sp³-hybridized carbons (Fsp3) is 0.333. The maximum atomic E-state index is 11.0. The smallest absolute Gasteiger partial charge is 0.150 e. The molecule has 1 aromatic rings. The zero-order valence-corrected chi connectivity index (χ0v) is 9.47. The third-order valence-corrected chi connectivity index (χ3v) is 2.85. The normalized spacial score (nSPS) is 9.87. The van der Waals surface area contributed by atoms with E-state index in [0.717, 1.165) is 35.0 Å². The van der Waals surface area contributed by atoms with Gasteiger partial charge in [0, 0.05) is 23.9 Å². The van der Waals surface area contributed by atoms with E-state index in [1.54, 1.807) is 14.0 Å². The van der Waals surface area contributed by atoms with Gasteiger partial charge in [0.2, 0.25) is 0 Å². The van der Waals surface area contributed by atoms with E-state index < -0.39 is 0 Å². The van der Waals surface area contributed by atoms with E-state index >= 15 is 0 Å². The van der Waals surface area contributed by atoms with E-state index in [2.05, 4.69) is 5.32 Å². The van der Waals surface area contributed by atoms with E-state index in [0.29, 0.717) is 11.1 Å². The maximum absolute atomic E-state index is 11.0. The van der Waals surface area contributed by atoms with E-state index in [4.69, 9.17) is 0 Å². The molecule has 0 aliphatic carbocycles. The molecule has 0 spiro atoms. The first-order valence-electron chi connectivity index (χ1n) is 4.80. The number of nitrogens with one attached hydrogen (secondary N) is 1. The predicted octanol–water partition coefficient (Wildman–Crippen LogP) is 2.28. The summed E-state index contributed by atoms with van der Waals surface area (Å²) in [4.78, 5) is 21.9. The summed E-state index contributed by atoms with van der Waals surface area (Å²) in [6, 6.07) is 0. The van der Waals surface area contributed by atoms with Crippen LogP contribution in [0, 0.1) is 20.8 Å². The molecular formula is C12H15NO2. The number of hydrogen-bond acceptors (Lipinski definition) is 3. The van der Waals surface area contributed by atoms with Crippen LogP contribution < -0.4 is 5.32 Å². The van der Waals surface area contributed by atoms with Crippen molar-refractivity contribution in [1.29, 1.82) is 0 Å². The molecule has 3 nitrogen and oxygen atoms in total. The van der Waals surface area contributed by atoms with Gasteiger partial charge in [0.05, 0.1) is 0 Å². The van der Waals surface area contributed by atoms with Crippen LogP contribution in [0.3, 0.4) is 0 Å². The van der Waals surface area contributed by atoms with Gasteiger partial charge < -0.3 is 5.32 Å². The monoisotopic (exact) mass is 205 g/mol. The number of rotatable bonds is 3. The first kappa shape index (κ1) is 11.4. The lowest BCUT2D eigenvalue weighted by molar-refractivity contribution is 0.112. The molecule has 0 heterocycles. The highest BCUT2D eigenvalue weighted by molar-refractivity contribution is 5.92. The number of hydrogen-bond donors (Lipinski definition) is 1. The highest BCUT2D eigenvalue weighted by atomic mass is 16.1. The zero-order chi connectivity index (χ0) is 11.6. The molecule has 0 atom stereocenters. The number of benzene rings is 1. The van der Waals surface area contributed by atoms with Crippen molar-refractivity contribution in [3.63, 3.8) is 0 Å². The van der Waals surface area contributed by atoms with Gasteiger partial charge in [-0.25, -0.2) is 0 Å². The topological polar surface area (TPSA) is 46.2 Å². The molecule has 0 aliphatic heterocycles. The molecule has 0 radical (unpaired) electrons. The van der Waals surface area contributed by atoms with E-state index in [9.17, 15) is 9.59 Å². The van der Waals surface area contributed by atoms with E-state index in [-0.39, 0.29) is 0 Å². The van der Waals surface area contributed by atoms with E-state index in [1.807, 2.05) is 13.8 Å². The van der Waals surface area contributed by atoms with Crippen molar-refractivity contribution < 1.29 is 9.59 Å². The quantitative estimate of drug-likeness (QED) is 0.770. The lowest BCUT2D eigenvalue weighted by Gasteiger charge is -2.16. The summed E-state index contributed by atoms with van der Waals surface area (Å²) in [5.41, 5.74) is 4.62. The van der Waals surface area contributed by atoms with Crippen LogP contribution in [0.1, 0.15) is 37.4 Å². The van der Waals surface area contributed by atoms with Gasteiger partial charge in [-0.1, -0.05) is 0 Å². The Balaban J connectivity index is 3.72. The first-order chi connectivity index (χ1) is 7.08. The van der Waals surface area contributed by atoms with Gasteiger partial charge in [-0.3, -0.25) is 9.59 Å². The minimum atomic E-state index is 0.604. The van der Waals surface area contributed by atoms with Crippen molar-refractivity contribution in [2.45, 2.75) is 20.8 Å². The molecule has 1 N–H and O–H groups in total. The van der Waals surface area contributed by atoms with Gasteiger partial charge in [-0.15, -0.1) is 0 Å². The van der Waals surface area contributed by atoms with Crippen LogP contribution in [-0.4, -0.2) is 19.6 Å². The van der Waals surface area contributed by atoms with Gasteiger partial charge >= 0.3 is 0 Å². The highest BCUT2D eigenvalue weighted by Gasteiger charge is 2.15. The molecule has 3 heteroatoms. The molecule has 0 saturated carbocycles. The van der Waals surface area contributed by atoms with Gasteiger partial charge in [-0.2, -0.15) is 0 Å². The predicted molar refractivity (Wildman–Crippen MR) is 61.0 cm³/mol. The van der Waals surface area contributed by atoms with Gasteiger partial charge in [-0.05, 0) is 37.5 Å². The lowest BCUT2D eigenvalue weighted by Crippen LogP contribution is -2.06. The minimum absolute atomic E-state index is 0.604. The van der Waals surface area contributed by atoms with Crippen molar-refractivity contribution >= 4 is 18.3 Å². The molecule has 0 aromatic heterocycles. The second-order valence-electron chi connectivity index (χ2n) is 3.56. The zero-order valence-electron chi connectivity index (χ0n) is 9.47. The van der Waals surface area contributed by atoms with Crippen molar-refractivity contribution in [1.82, 2.24) is 0 Å². The second-order valence-corrected chi connectivity index (χ2v) is 3.56. The molecule has 0 unspecified atom stereocenters. The van der Waals surface area contributed by atoms with E-state index in [1.165, 1.54) is 0 Å². The van der Waals surface area contributed by atoms with Crippen LogP contribution >= 0.6 is 0 Å². The number of aldehydes is 2. The SMILES string of the molecule is CNc1c(C)c(C=O)c(C)c(C=O)c1C. The summed E-state index contributed by atoms with van der Waals surface area (Å²) < 4.78 is 0. The Morgan fingerprint density at radius 1 is 0.867 bits per heavy atom. The fourth-order valence-electron chi connectivity index (χ4n) is 1.99. The Morgan fingerprint density at radius 3 is 1.53 bits per heavy atom. The summed E-state index contributed by atoms with van der Waals surface area (Å²) in [6.45, 7) is 5.56. The van der Waals surface area contributed by atoms with Crippen LogP contribution in [0.25, 0.3) is 0 Å². The van der Waals surface area contributed by atoms with Gasteiger partial charge in [0.25, 0.3) is 0 Å². The van der Waals surface area contributed by atoms with Crippen LogP contribution in [-0.2, 0) is 0 Å². The summed E-state index contributed by atoms with van der Waals surface area (Å²) in [5, 5.41) is 3.02. The second kappa shape index (κ2) is 4.26. The Hall–Kier alpha value is -1.64. The minimum Gasteiger partial charge on any atom is -0.388 e. The fourth-order valence-corrected chi connectivity index (χ4v) is 1.99. The van der Waals surface area contributed by atoms with Crippen molar-refractivity contribution in [3.8, 4) is 0 Å². The number of anilines is 1.